The molecule has 0 spiro atoms. The summed E-state index contributed by atoms with van der Waals surface area (Å²) in [7, 11) is 1.74. The molecule has 2 rings (SSSR count). The number of aliphatic carboxylic acids is 1. The lowest BCUT2D eigenvalue weighted by atomic mass is 10.0. The van der Waals surface area contributed by atoms with E-state index < -0.39 is 5.97 Å². The van der Waals surface area contributed by atoms with E-state index >= 15 is 0 Å². The van der Waals surface area contributed by atoms with E-state index in [1.807, 2.05) is 12.1 Å². The molecule has 0 atom stereocenters. The second kappa shape index (κ2) is 4.05. The van der Waals surface area contributed by atoms with Gasteiger partial charge in [0.05, 0.1) is 12.8 Å². The van der Waals surface area contributed by atoms with Gasteiger partial charge in [-0.05, 0) is 28.8 Å². The summed E-state index contributed by atoms with van der Waals surface area (Å²) in [5.41, 5.74) is 3.17. The highest BCUT2D eigenvalue weighted by molar-refractivity contribution is 6.01. The third-order valence-electron chi connectivity index (χ3n) is 2.93. The van der Waals surface area contributed by atoms with Gasteiger partial charge in [-0.15, -0.1) is 0 Å². The zero-order valence-corrected chi connectivity index (χ0v) is 9.56. The molecule has 1 aromatic carbocycles. The molecule has 88 valence electrons. The van der Waals surface area contributed by atoms with Gasteiger partial charge in [0.15, 0.2) is 0 Å². The molecule has 0 aromatic heterocycles. The van der Waals surface area contributed by atoms with Crippen molar-refractivity contribution in [1.29, 1.82) is 0 Å². The van der Waals surface area contributed by atoms with Gasteiger partial charge in [-0.25, -0.2) is 0 Å². The van der Waals surface area contributed by atoms with E-state index in [-0.39, 0.29) is 12.3 Å². The monoisotopic (exact) mass is 231 g/mol. The Morgan fingerprint density at radius 2 is 2.24 bits per heavy atom. The topological polar surface area (TPSA) is 57.6 Å². The molecule has 1 aromatic rings. The second-order valence-electron chi connectivity index (χ2n) is 4.15. The smallest absolute Gasteiger partial charge is 0.307 e. The van der Waals surface area contributed by atoms with E-state index in [0.717, 1.165) is 16.8 Å². The molecule has 0 aliphatic carbocycles. The molecule has 4 heteroatoms. The van der Waals surface area contributed by atoms with Gasteiger partial charge in [0.25, 0.3) is 0 Å². The van der Waals surface area contributed by atoms with Crippen molar-refractivity contribution in [2.45, 2.75) is 12.8 Å². The molecule has 1 amide bonds. The number of hydrogen-bond donors (Lipinski definition) is 1. The number of carbonyl (C=O) groups is 2. The maximum Gasteiger partial charge on any atom is 0.307 e. The molecule has 4 nitrogen and oxygen atoms in total. The molecule has 0 radical (unpaired) electrons. The summed E-state index contributed by atoms with van der Waals surface area (Å²) in [6.07, 6.45) is 0.294. The summed E-state index contributed by atoms with van der Waals surface area (Å²) in [5.74, 6) is -0.843. The molecule has 0 unspecified atom stereocenters. The molecular weight excluding hydrogens is 218 g/mol. The summed E-state index contributed by atoms with van der Waals surface area (Å²) in [5, 5.41) is 8.70. The SMILES string of the molecule is C=C(CC(=O)O)c1ccc2c(c1)CC(=O)N2C. The van der Waals surface area contributed by atoms with E-state index in [1.165, 1.54) is 0 Å². The lowest BCUT2D eigenvalue weighted by molar-refractivity contribution is -0.135. The summed E-state index contributed by atoms with van der Waals surface area (Å²) < 4.78 is 0. The zero-order valence-electron chi connectivity index (χ0n) is 9.56. The number of likely N-dealkylation sites (N-methyl/N-ethyl adjacent to an activating group) is 1. The third-order valence-corrected chi connectivity index (χ3v) is 2.93. The van der Waals surface area contributed by atoms with E-state index in [4.69, 9.17) is 5.11 Å². The summed E-state index contributed by atoms with van der Waals surface area (Å²) >= 11 is 0. The minimum Gasteiger partial charge on any atom is -0.481 e. The van der Waals surface area contributed by atoms with Crippen molar-refractivity contribution < 1.29 is 14.7 Å². The van der Waals surface area contributed by atoms with Gasteiger partial charge in [0, 0.05) is 12.7 Å². The number of carboxylic acids is 1. The molecule has 0 saturated carbocycles. The van der Waals surface area contributed by atoms with Crippen molar-refractivity contribution >= 4 is 23.1 Å². The van der Waals surface area contributed by atoms with Gasteiger partial charge in [-0.2, -0.15) is 0 Å². The van der Waals surface area contributed by atoms with Gasteiger partial charge in [0.1, 0.15) is 0 Å². The van der Waals surface area contributed by atoms with E-state index in [9.17, 15) is 9.59 Å². The lowest BCUT2D eigenvalue weighted by Gasteiger charge is -2.11. The predicted molar refractivity (Wildman–Crippen MR) is 64.8 cm³/mol. The number of benzene rings is 1. The Morgan fingerprint density at radius 3 is 2.88 bits per heavy atom. The normalized spacial score (nSPS) is 13.7. The minimum absolute atomic E-state index is 0.0565. The first-order chi connectivity index (χ1) is 7.99. The molecule has 0 saturated heterocycles. The van der Waals surface area contributed by atoms with Crippen LogP contribution in [0.4, 0.5) is 5.69 Å². The Kier molecular flexibility index (Phi) is 2.71. The van der Waals surface area contributed by atoms with Crippen LogP contribution in [0.1, 0.15) is 17.5 Å². The van der Waals surface area contributed by atoms with Crippen LogP contribution < -0.4 is 4.90 Å². The molecule has 1 heterocycles. The summed E-state index contributed by atoms with van der Waals surface area (Å²) in [6.45, 7) is 3.75. The van der Waals surface area contributed by atoms with Gasteiger partial charge in [0.2, 0.25) is 5.91 Å². The van der Waals surface area contributed by atoms with Crippen LogP contribution in [0.3, 0.4) is 0 Å². The van der Waals surface area contributed by atoms with Gasteiger partial charge in [-0.3, -0.25) is 9.59 Å². The van der Waals surface area contributed by atoms with Crippen LogP contribution in [0.25, 0.3) is 5.57 Å². The summed E-state index contributed by atoms with van der Waals surface area (Å²) in [4.78, 5) is 23.7. The van der Waals surface area contributed by atoms with E-state index in [1.54, 1.807) is 18.0 Å². The highest BCUT2D eigenvalue weighted by atomic mass is 16.4. The number of nitrogens with zero attached hydrogens (tertiary/aromatic N) is 1. The van der Waals surface area contributed by atoms with Crippen molar-refractivity contribution in [3.63, 3.8) is 0 Å². The van der Waals surface area contributed by atoms with Crippen LogP contribution in [0.5, 0.6) is 0 Å². The average molecular weight is 231 g/mol. The highest BCUT2D eigenvalue weighted by Crippen LogP contribution is 2.30. The highest BCUT2D eigenvalue weighted by Gasteiger charge is 2.24. The quantitative estimate of drug-likeness (QED) is 0.861. The van der Waals surface area contributed by atoms with Crippen molar-refractivity contribution in [2.24, 2.45) is 0 Å². The largest absolute Gasteiger partial charge is 0.481 e. The van der Waals surface area contributed by atoms with Crippen LogP contribution in [0.2, 0.25) is 0 Å². The molecule has 1 aliphatic rings. The Morgan fingerprint density at radius 1 is 1.53 bits per heavy atom. The first-order valence-corrected chi connectivity index (χ1v) is 5.28. The number of fused-ring (bicyclic) bond motifs is 1. The second-order valence-corrected chi connectivity index (χ2v) is 4.15. The maximum atomic E-state index is 11.5. The number of carboxylic acid groups (broad SMARTS) is 1. The number of amides is 1. The lowest BCUT2D eigenvalue weighted by Crippen LogP contribution is -2.20. The van der Waals surface area contributed by atoms with E-state index in [2.05, 4.69) is 6.58 Å². The standard InChI is InChI=1S/C13H13NO3/c1-8(5-13(16)17)9-3-4-11-10(6-9)7-12(15)14(11)2/h3-4,6H,1,5,7H2,2H3,(H,16,17). The number of rotatable bonds is 3. The predicted octanol–water partition coefficient (Wildman–Crippen LogP) is 1.69. The van der Waals surface area contributed by atoms with Crippen LogP contribution >= 0.6 is 0 Å². The Balaban J connectivity index is 2.30. The minimum atomic E-state index is -0.899. The van der Waals surface area contributed by atoms with E-state index in [0.29, 0.717) is 12.0 Å². The van der Waals surface area contributed by atoms with Crippen molar-refractivity contribution in [3.8, 4) is 0 Å². The number of carbonyl (C=O) groups excluding carboxylic acids is 1. The van der Waals surface area contributed by atoms with Gasteiger partial charge >= 0.3 is 5.97 Å². The molecule has 0 fully saturated rings. The first kappa shape index (κ1) is 11.4. The number of hydrogen-bond acceptors (Lipinski definition) is 2. The Hall–Kier alpha value is -2.10. The van der Waals surface area contributed by atoms with Gasteiger partial charge in [-0.1, -0.05) is 12.6 Å². The maximum absolute atomic E-state index is 11.5. The first-order valence-electron chi connectivity index (χ1n) is 5.28. The van der Waals surface area contributed by atoms with Crippen LogP contribution in [0, 0.1) is 0 Å². The van der Waals surface area contributed by atoms with Crippen molar-refractivity contribution in [2.75, 3.05) is 11.9 Å². The fraction of sp³-hybridized carbons (Fsp3) is 0.231. The zero-order chi connectivity index (χ0) is 12.6. The molecular formula is C13H13NO3. The van der Waals surface area contributed by atoms with Crippen molar-refractivity contribution in [1.82, 2.24) is 0 Å². The third kappa shape index (κ3) is 2.06. The number of anilines is 1. The Bertz CT molecular complexity index is 519. The molecule has 0 bridgehead atoms. The fourth-order valence-corrected chi connectivity index (χ4v) is 1.97. The molecule has 1 aliphatic heterocycles. The van der Waals surface area contributed by atoms with Crippen LogP contribution in [0.15, 0.2) is 24.8 Å². The average Bonchev–Trinajstić information content (AvgIpc) is 2.53. The fourth-order valence-electron chi connectivity index (χ4n) is 1.97. The summed E-state index contributed by atoms with van der Waals surface area (Å²) in [6, 6.07) is 5.49. The van der Waals surface area contributed by atoms with Gasteiger partial charge < -0.3 is 10.0 Å². The van der Waals surface area contributed by atoms with Crippen molar-refractivity contribution in [3.05, 3.63) is 35.9 Å². The molecule has 1 N–H and O–H groups in total. The Labute approximate surface area is 99.2 Å². The molecule has 17 heavy (non-hydrogen) atoms. The van der Waals surface area contributed by atoms with Crippen LogP contribution in [-0.4, -0.2) is 24.0 Å². The van der Waals surface area contributed by atoms with Crippen LogP contribution in [-0.2, 0) is 16.0 Å².